The highest BCUT2D eigenvalue weighted by Crippen LogP contribution is 2.44. The Balaban J connectivity index is 1.80. The Hall–Kier alpha value is -3.64. The van der Waals surface area contributed by atoms with Crippen molar-refractivity contribution < 1.29 is 0 Å². The maximum Gasteiger partial charge on any atom is -0.00143 e. The van der Waals surface area contributed by atoms with Crippen molar-refractivity contribution in [2.24, 2.45) is 0 Å². The van der Waals surface area contributed by atoms with Crippen molar-refractivity contribution >= 4 is 32.3 Å². The monoisotopic (exact) mass is 410 g/mol. The second-order valence-electron chi connectivity index (χ2n) is 9.85. The molecule has 0 radical (unpaired) electrons. The topological polar surface area (TPSA) is 0 Å². The Morgan fingerprint density at radius 1 is 0.469 bits per heavy atom. The van der Waals surface area contributed by atoms with E-state index in [1.807, 2.05) is 0 Å². The third kappa shape index (κ3) is 2.91. The van der Waals surface area contributed by atoms with Crippen LogP contribution in [0.4, 0.5) is 0 Å². The number of rotatable bonds is 2. The Morgan fingerprint density at radius 2 is 0.938 bits per heavy atom. The van der Waals surface area contributed by atoms with E-state index in [2.05, 4.69) is 124 Å². The molecule has 6 aromatic carbocycles. The predicted molar refractivity (Wildman–Crippen MR) is 140 cm³/mol. The van der Waals surface area contributed by atoms with Gasteiger partial charge in [-0.15, -0.1) is 0 Å². The van der Waals surface area contributed by atoms with E-state index < -0.39 is 0 Å². The van der Waals surface area contributed by atoms with Gasteiger partial charge in [0.2, 0.25) is 0 Å². The maximum absolute atomic E-state index is 2.39. The van der Waals surface area contributed by atoms with Gasteiger partial charge in [-0.3, -0.25) is 0 Å². The third-order valence-electron chi connectivity index (χ3n) is 6.75. The van der Waals surface area contributed by atoms with Crippen LogP contribution in [0.5, 0.6) is 0 Å². The lowest BCUT2D eigenvalue weighted by molar-refractivity contribution is 0.591. The second kappa shape index (κ2) is 6.93. The van der Waals surface area contributed by atoms with Crippen LogP contribution in [0.1, 0.15) is 26.3 Å². The van der Waals surface area contributed by atoms with Crippen LogP contribution in [0, 0.1) is 0 Å². The summed E-state index contributed by atoms with van der Waals surface area (Å²) in [5.74, 6) is 0. The zero-order valence-electron chi connectivity index (χ0n) is 18.8. The first kappa shape index (κ1) is 19.1. The Labute approximate surface area is 189 Å². The normalized spacial score (nSPS) is 12.2. The van der Waals surface area contributed by atoms with Crippen LogP contribution in [0.3, 0.4) is 0 Å². The predicted octanol–water partition coefficient (Wildman–Crippen LogP) is 9.22. The Bertz CT molecular complexity index is 1460. The van der Waals surface area contributed by atoms with Crippen molar-refractivity contribution in [1.29, 1.82) is 0 Å². The molecular formula is C32H26. The van der Waals surface area contributed by atoms with E-state index in [1.165, 1.54) is 60.1 Å². The van der Waals surface area contributed by atoms with Crippen molar-refractivity contribution in [2.45, 2.75) is 26.2 Å². The van der Waals surface area contributed by atoms with E-state index in [9.17, 15) is 0 Å². The minimum Gasteiger partial charge on any atom is -0.0622 e. The molecule has 0 aliphatic heterocycles. The SMILES string of the molecule is CC(C)(C)c1cc2ccc3c(-c4ccccc4)cc(-c4ccccc4)c4ccc(c1)c2c34. The standard InChI is InChI=1S/C32H26/c1-32(2,3)25-18-23-14-16-26-28(21-10-6-4-7-11-21)20-29(22-12-8-5-9-13-22)27-17-15-24(19-25)30(23)31(26)27/h4-20H,1-3H3. The van der Waals surface area contributed by atoms with Gasteiger partial charge < -0.3 is 0 Å². The van der Waals surface area contributed by atoms with E-state index >= 15 is 0 Å². The highest BCUT2D eigenvalue weighted by molar-refractivity contribution is 6.28. The molecule has 0 saturated carbocycles. The summed E-state index contributed by atoms with van der Waals surface area (Å²) in [7, 11) is 0. The van der Waals surface area contributed by atoms with Gasteiger partial charge in [0, 0.05) is 0 Å². The molecule has 0 spiro atoms. The fourth-order valence-electron chi connectivity index (χ4n) is 5.06. The van der Waals surface area contributed by atoms with E-state index in [0.717, 1.165) is 0 Å². The van der Waals surface area contributed by atoms with Gasteiger partial charge in [0.05, 0.1) is 0 Å². The molecule has 0 aliphatic carbocycles. The van der Waals surface area contributed by atoms with Crippen LogP contribution in [0.25, 0.3) is 54.6 Å². The molecule has 0 fully saturated rings. The molecule has 0 bridgehead atoms. The fourth-order valence-corrected chi connectivity index (χ4v) is 5.06. The summed E-state index contributed by atoms with van der Waals surface area (Å²) in [5, 5.41) is 8.06. The number of hydrogen-bond donors (Lipinski definition) is 0. The van der Waals surface area contributed by atoms with E-state index in [4.69, 9.17) is 0 Å². The average molecular weight is 411 g/mol. The summed E-state index contributed by atoms with van der Waals surface area (Å²) in [5.41, 5.74) is 6.62. The zero-order chi connectivity index (χ0) is 21.9. The van der Waals surface area contributed by atoms with Gasteiger partial charge in [-0.25, -0.2) is 0 Å². The van der Waals surface area contributed by atoms with Crippen molar-refractivity contribution in [3.63, 3.8) is 0 Å². The largest absolute Gasteiger partial charge is 0.0622 e. The van der Waals surface area contributed by atoms with Crippen molar-refractivity contribution in [3.8, 4) is 22.3 Å². The lowest BCUT2D eigenvalue weighted by atomic mass is 9.81. The van der Waals surface area contributed by atoms with Gasteiger partial charge in [0.25, 0.3) is 0 Å². The molecule has 0 heterocycles. The fraction of sp³-hybridized carbons (Fsp3) is 0.125. The minimum absolute atomic E-state index is 0.120. The molecule has 6 aromatic rings. The molecule has 0 heteroatoms. The lowest BCUT2D eigenvalue weighted by Gasteiger charge is -2.23. The molecule has 0 aliphatic rings. The summed E-state index contributed by atoms with van der Waals surface area (Å²) in [6.07, 6.45) is 0. The number of benzene rings is 6. The van der Waals surface area contributed by atoms with Crippen molar-refractivity contribution in [2.75, 3.05) is 0 Å². The molecule has 0 atom stereocenters. The summed E-state index contributed by atoms with van der Waals surface area (Å²) < 4.78 is 0. The van der Waals surface area contributed by atoms with Gasteiger partial charge in [-0.2, -0.15) is 0 Å². The van der Waals surface area contributed by atoms with Crippen LogP contribution in [0.15, 0.2) is 103 Å². The maximum atomic E-state index is 2.39. The Morgan fingerprint density at radius 3 is 1.38 bits per heavy atom. The highest BCUT2D eigenvalue weighted by atomic mass is 14.2. The van der Waals surface area contributed by atoms with E-state index in [1.54, 1.807) is 0 Å². The summed E-state index contributed by atoms with van der Waals surface area (Å²) in [6.45, 7) is 6.88. The first-order valence-electron chi connectivity index (χ1n) is 11.4. The molecule has 0 saturated heterocycles. The van der Waals surface area contributed by atoms with Gasteiger partial charge >= 0.3 is 0 Å². The molecule has 154 valence electrons. The quantitative estimate of drug-likeness (QED) is 0.250. The van der Waals surface area contributed by atoms with Gasteiger partial charge in [-0.1, -0.05) is 118 Å². The molecule has 0 aromatic heterocycles. The van der Waals surface area contributed by atoms with E-state index in [-0.39, 0.29) is 5.41 Å². The van der Waals surface area contributed by atoms with Crippen LogP contribution in [-0.2, 0) is 5.41 Å². The van der Waals surface area contributed by atoms with E-state index in [0.29, 0.717) is 0 Å². The molecule has 0 amide bonds. The second-order valence-corrected chi connectivity index (χ2v) is 9.85. The minimum atomic E-state index is 0.120. The number of hydrogen-bond acceptors (Lipinski definition) is 0. The molecule has 32 heavy (non-hydrogen) atoms. The molecule has 0 N–H and O–H groups in total. The van der Waals surface area contributed by atoms with Crippen LogP contribution >= 0.6 is 0 Å². The third-order valence-corrected chi connectivity index (χ3v) is 6.75. The zero-order valence-corrected chi connectivity index (χ0v) is 18.8. The summed E-state index contributed by atoms with van der Waals surface area (Å²) >= 11 is 0. The first-order valence-corrected chi connectivity index (χ1v) is 11.4. The molecular weight excluding hydrogens is 384 g/mol. The Kier molecular flexibility index (Phi) is 4.13. The van der Waals surface area contributed by atoms with Crippen LogP contribution < -0.4 is 0 Å². The molecule has 0 unspecified atom stereocenters. The van der Waals surface area contributed by atoms with Crippen molar-refractivity contribution in [1.82, 2.24) is 0 Å². The lowest BCUT2D eigenvalue weighted by Crippen LogP contribution is -2.10. The average Bonchev–Trinajstić information content (AvgIpc) is 2.82. The first-order chi connectivity index (χ1) is 15.5. The van der Waals surface area contributed by atoms with Crippen molar-refractivity contribution in [3.05, 3.63) is 109 Å². The van der Waals surface area contributed by atoms with Crippen LogP contribution in [-0.4, -0.2) is 0 Å². The molecule has 6 rings (SSSR count). The highest BCUT2D eigenvalue weighted by Gasteiger charge is 2.19. The van der Waals surface area contributed by atoms with Crippen LogP contribution in [0.2, 0.25) is 0 Å². The summed E-state index contributed by atoms with van der Waals surface area (Å²) in [4.78, 5) is 0. The smallest absolute Gasteiger partial charge is 0.00143 e. The summed E-state index contributed by atoms with van der Waals surface area (Å²) in [6, 6.07) is 38.0. The molecule has 0 nitrogen and oxygen atoms in total. The van der Waals surface area contributed by atoms with Gasteiger partial charge in [0.15, 0.2) is 0 Å². The van der Waals surface area contributed by atoms with Gasteiger partial charge in [0.1, 0.15) is 0 Å². The van der Waals surface area contributed by atoms with Gasteiger partial charge in [-0.05, 0) is 71.6 Å².